The van der Waals surface area contributed by atoms with Crippen LogP contribution in [0.15, 0.2) is 47.1 Å². The van der Waals surface area contributed by atoms with Crippen LogP contribution in [0.25, 0.3) is 0 Å². The van der Waals surface area contributed by atoms with Crippen molar-refractivity contribution in [2.45, 2.75) is 26.7 Å². The molecule has 1 aromatic heterocycles. The summed E-state index contributed by atoms with van der Waals surface area (Å²) in [5.74, 6) is 0.619. The Morgan fingerprint density at radius 1 is 1.05 bits per heavy atom. The molecule has 2 N–H and O–H groups in total. The van der Waals surface area contributed by atoms with Gasteiger partial charge >= 0.3 is 0 Å². The van der Waals surface area contributed by atoms with Crippen molar-refractivity contribution < 1.29 is 14.0 Å². The molecule has 2 rings (SSSR count). The molecule has 0 aliphatic carbocycles. The second-order valence-electron chi connectivity index (χ2n) is 5.35. The first kappa shape index (κ1) is 15.8. The third kappa shape index (κ3) is 4.77. The van der Waals surface area contributed by atoms with E-state index in [-0.39, 0.29) is 17.7 Å². The van der Waals surface area contributed by atoms with E-state index in [1.54, 1.807) is 36.6 Å². The Hall–Kier alpha value is -2.56. The highest BCUT2D eigenvalue weighted by Crippen LogP contribution is 2.15. The molecule has 0 radical (unpaired) electrons. The Kier molecular flexibility index (Phi) is 5.36. The fourth-order valence-corrected chi connectivity index (χ4v) is 1.84. The van der Waals surface area contributed by atoms with Crippen molar-refractivity contribution in [1.82, 2.24) is 0 Å². The third-order valence-corrected chi connectivity index (χ3v) is 3.14. The minimum atomic E-state index is -0.0737. The summed E-state index contributed by atoms with van der Waals surface area (Å²) < 4.78 is 5.19. The van der Waals surface area contributed by atoms with Crippen LogP contribution >= 0.6 is 0 Å². The standard InChI is InChI=1S/C17H20N2O3/c1-12(2)17(21)19-14-7-5-13(6-8-14)18-16(20)10-9-15-4-3-11-22-15/h3-8,11-12H,9-10H2,1-2H3,(H,18,20)(H,19,21). The molecule has 5 heteroatoms. The van der Waals surface area contributed by atoms with Gasteiger partial charge in [0.05, 0.1) is 6.26 Å². The summed E-state index contributed by atoms with van der Waals surface area (Å²) >= 11 is 0. The summed E-state index contributed by atoms with van der Waals surface area (Å²) in [5, 5.41) is 5.62. The zero-order valence-electron chi connectivity index (χ0n) is 12.8. The Balaban J connectivity index is 1.82. The first-order valence-corrected chi connectivity index (χ1v) is 7.28. The number of aryl methyl sites for hydroxylation is 1. The lowest BCUT2D eigenvalue weighted by molar-refractivity contribution is -0.119. The fourth-order valence-electron chi connectivity index (χ4n) is 1.84. The number of amides is 2. The van der Waals surface area contributed by atoms with Crippen molar-refractivity contribution in [2.24, 2.45) is 5.92 Å². The first-order chi connectivity index (χ1) is 10.5. The summed E-state index contributed by atoms with van der Waals surface area (Å²) in [6, 6.07) is 10.7. The number of nitrogens with one attached hydrogen (secondary N) is 2. The van der Waals surface area contributed by atoms with Gasteiger partial charge in [-0.05, 0) is 36.4 Å². The summed E-state index contributed by atoms with van der Waals surface area (Å²) in [4.78, 5) is 23.4. The normalized spacial score (nSPS) is 10.5. The van der Waals surface area contributed by atoms with Crippen molar-refractivity contribution in [3.05, 3.63) is 48.4 Å². The lowest BCUT2D eigenvalue weighted by Gasteiger charge is -2.09. The van der Waals surface area contributed by atoms with Crippen LogP contribution in [0.4, 0.5) is 11.4 Å². The van der Waals surface area contributed by atoms with Gasteiger partial charge in [-0.25, -0.2) is 0 Å². The molecule has 0 fully saturated rings. The topological polar surface area (TPSA) is 71.3 Å². The van der Waals surface area contributed by atoms with E-state index in [2.05, 4.69) is 10.6 Å². The van der Waals surface area contributed by atoms with E-state index in [1.807, 2.05) is 19.9 Å². The van der Waals surface area contributed by atoms with E-state index < -0.39 is 0 Å². The quantitative estimate of drug-likeness (QED) is 0.858. The van der Waals surface area contributed by atoms with Gasteiger partial charge in [-0.1, -0.05) is 13.8 Å². The minimum Gasteiger partial charge on any atom is -0.469 e. The second-order valence-corrected chi connectivity index (χ2v) is 5.35. The maximum Gasteiger partial charge on any atom is 0.226 e. The van der Waals surface area contributed by atoms with Crippen molar-refractivity contribution in [3.8, 4) is 0 Å². The predicted octanol–water partition coefficient (Wildman–Crippen LogP) is 3.45. The Bertz CT molecular complexity index is 616. The molecule has 0 saturated heterocycles. The molecule has 0 atom stereocenters. The van der Waals surface area contributed by atoms with Gasteiger partial charge in [-0.3, -0.25) is 9.59 Å². The Morgan fingerprint density at radius 2 is 1.68 bits per heavy atom. The number of hydrogen-bond acceptors (Lipinski definition) is 3. The fraction of sp³-hybridized carbons (Fsp3) is 0.294. The molecule has 0 bridgehead atoms. The summed E-state index contributed by atoms with van der Waals surface area (Å²) in [6.07, 6.45) is 2.53. The number of anilines is 2. The highest BCUT2D eigenvalue weighted by atomic mass is 16.3. The molecule has 0 saturated carbocycles. The molecular weight excluding hydrogens is 280 g/mol. The zero-order chi connectivity index (χ0) is 15.9. The Morgan fingerprint density at radius 3 is 2.23 bits per heavy atom. The van der Waals surface area contributed by atoms with Crippen molar-refractivity contribution in [1.29, 1.82) is 0 Å². The van der Waals surface area contributed by atoms with Crippen LogP contribution in [0.2, 0.25) is 0 Å². The van der Waals surface area contributed by atoms with Crippen LogP contribution < -0.4 is 10.6 Å². The van der Waals surface area contributed by atoms with Crippen LogP contribution in [0, 0.1) is 5.92 Å². The highest BCUT2D eigenvalue weighted by Gasteiger charge is 2.08. The lowest BCUT2D eigenvalue weighted by atomic mass is 10.2. The maximum atomic E-state index is 11.8. The Labute approximate surface area is 129 Å². The summed E-state index contributed by atoms with van der Waals surface area (Å²) in [6.45, 7) is 3.67. The van der Waals surface area contributed by atoms with Gasteiger partial charge < -0.3 is 15.1 Å². The number of furan rings is 1. The van der Waals surface area contributed by atoms with Crippen molar-refractivity contribution >= 4 is 23.2 Å². The van der Waals surface area contributed by atoms with Gasteiger partial charge in [0.25, 0.3) is 0 Å². The molecular formula is C17H20N2O3. The summed E-state index contributed by atoms with van der Waals surface area (Å²) in [5.41, 5.74) is 1.42. The van der Waals surface area contributed by atoms with Crippen LogP contribution in [0.3, 0.4) is 0 Å². The van der Waals surface area contributed by atoms with Crippen molar-refractivity contribution in [2.75, 3.05) is 10.6 Å². The molecule has 1 aromatic carbocycles. The van der Waals surface area contributed by atoms with E-state index in [0.717, 1.165) is 5.76 Å². The SMILES string of the molecule is CC(C)C(=O)Nc1ccc(NC(=O)CCc2ccco2)cc1. The molecule has 0 unspecified atom stereocenters. The van der Waals surface area contributed by atoms with Crippen molar-refractivity contribution in [3.63, 3.8) is 0 Å². The van der Waals surface area contributed by atoms with Gasteiger partial charge in [0.15, 0.2) is 0 Å². The van der Waals surface area contributed by atoms with E-state index >= 15 is 0 Å². The third-order valence-electron chi connectivity index (χ3n) is 3.14. The summed E-state index contributed by atoms with van der Waals surface area (Å²) in [7, 11) is 0. The molecule has 1 heterocycles. The predicted molar refractivity (Wildman–Crippen MR) is 85.6 cm³/mol. The maximum absolute atomic E-state index is 11.8. The molecule has 0 spiro atoms. The van der Waals surface area contributed by atoms with Crippen LogP contribution in [0.1, 0.15) is 26.0 Å². The van der Waals surface area contributed by atoms with Gasteiger partial charge in [-0.15, -0.1) is 0 Å². The van der Waals surface area contributed by atoms with Crippen LogP contribution in [-0.4, -0.2) is 11.8 Å². The minimum absolute atomic E-state index is 0.0322. The zero-order valence-corrected chi connectivity index (χ0v) is 12.8. The number of carbonyl (C=O) groups excluding carboxylic acids is 2. The number of carbonyl (C=O) groups is 2. The largest absolute Gasteiger partial charge is 0.469 e. The van der Waals surface area contributed by atoms with E-state index in [1.165, 1.54) is 0 Å². The van der Waals surface area contributed by atoms with Gasteiger partial charge in [0, 0.05) is 30.1 Å². The smallest absolute Gasteiger partial charge is 0.226 e. The van der Waals surface area contributed by atoms with Gasteiger partial charge in [-0.2, -0.15) is 0 Å². The average Bonchev–Trinajstić information content (AvgIpc) is 3.00. The molecule has 22 heavy (non-hydrogen) atoms. The van der Waals surface area contributed by atoms with E-state index in [4.69, 9.17) is 4.42 Å². The van der Waals surface area contributed by atoms with E-state index in [9.17, 15) is 9.59 Å². The molecule has 0 aliphatic heterocycles. The molecule has 2 amide bonds. The van der Waals surface area contributed by atoms with Crippen LogP contribution in [-0.2, 0) is 16.0 Å². The van der Waals surface area contributed by atoms with Gasteiger partial charge in [0.2, 0.25) is 11.8 Å². The number of rotatable bonds is 6. The monoisotopic (exact) mass is 300 g/mol. The highest BCUT2D eigenvalue weighted by molar-refractivity contribution is 5.93. The average molecular weight is 300 g/mol. The van der Waals surface area contributed by atoms with Crippen LogP contribution in [0.5, 0.6) is 0 Å². The van der Waals surface area contributed by atoms with Gasteiger partial charge in [0.1, 0.15) is 5.76 Å². The molecule has 0 aliphatic rings. The molecule has 5 nitrogen and oxygen atoms in total. The first-order valence-electron chi connectivity index (χ1n) is 7.28. The number of benzene rings is 1. The number of hydrogen-bond donors (Lipinski definition) is 2. The lowest BCUT2D eigenvalue weighted by Crippen LogP contribution is -2.17. The molecule has 2 aromatic rings. The van der Waals surface area contributed by atoms with E-state index in [0.29, 0.717) is 24.2 Å². The second kappa shape index (κ2) is 7.45. The molecule has 116 valence electrons.